The van der Waals surface area contributed by atoms with E-state index >= 15 is 0 Å². The molecule has 0 saturated carbocycles. The van der Waals surface area contributed by atoms with Crippen LogP contribution in [-0.4, -0.2) is 5.71 Å². The molecule has 1 spiro atoms. The Hall–Kier alpha value is -5.53. The van der Waals surface area contributed by atoms with Gasteiger partial charge in [0.25, 0.3) is 0 Å². The van der Waals surface area contributed by atoms with Gasteiger partial charge in [0, 0.05) is 11.1 Å². The average Bonchev–Trinajstić information content (AvgIpc) is 3.53. The number of benzene rings is 5. The first-order valence-corrected chi connectivity index (χ1v) is 15.9. The molecule has 0 aliphatic heterocycles. The summed E-state index contributed by atoms with van der Waals surface area (Å²) < 4.78 is 0. The van der Waals surface area contributed by atoms with E-state index in [0.717, 1.165) is 28.1 Å². The van der Waals surface area contributed by atoms with Gasteiger partial charge in [-0.1, -0.05) is 164 Å². The lowest BCUT2D eigenvalue weighted by molar-refractivity contribution is 0.759. The summed E-state index contributed by atoms with van der Waals surface area (Å²) in [6.45, 7) is 15.3. The molecule has 46 heavy (non-hydrogen) atoms. The summed E-state index contributed by atoms with van der Waals surface area (Å²) in [5.41, 5.74) is 16.7. The molecular weight excluding hydrogens is 555 g/mol. The number of hydrogen-bond acceptors (Lipinski definition) is 1. The average molecular weight is 592 g/mol. The molecule has 0 fully saturated rings. The normalized spacial score (nSPS) is 17.2. The highest BCUT2D eigenvalue weighted by Gasteiger charge is 2.52. The molecule has 1 nitrogen and oxygen atoms in total. The van der Waals surface area contributed by atoms with Gasteiger partial charge < -0.3 is 0 Å². The summed E-state index contributed by atoms with van der Waals surface area (Å²) in [7, 11) is 0. The fourth-order valence-electron chi connectivity index (χ4n) is 7.42. The SMILES string of the molecule is C=CC1=C(/C=C\C)C2(C(C)=C(C(=NC(=C)c3ccc(-c4ccc(C)cc4)cc3)c3ccccc3)c3ccccc32)c2ccccc21. The van der Waals surface area contributed by atoms with Crippen LogP contribution in [0.4, 0.5) is 0 Å². The van der Waals surface area contributed by atoms with Gasteiger partial charge in [0.2, 0.25) is 0 Å². The van der Waals surface area contributed by atoms with Crippen molar-refractivity contribution in [2.24, 2.45) is 4.99 Å². The van der Waals surface area contributed by atoms with Crippen molar-refractivity contribution < 1.29 is 0 Å². The third-order valence-electron chi connectivity index (χ3n) is 9.52. The van der Waals surface area contributed by atoms with E-state index in [4.69, 9.17) is 4.99 Å². The number of aryl methyl sites for hydroxylation is 1. The van der Waals surface area contributed by atoms with Gasteiger partial charge in [-0.3, -0.25) is 0 Å². The molecule has 222 valence electrons. The van der Waals surface area contributed by atoms with E-state index in [9.17, 15) is 0 Å². The minimum Gasteiger partial charge on any atom is -0.248 e. The molecule has 0 heterocycles. The minimum atomic E-state index is -0.453. The zero-order valence-electron chi connectivity index (χ0n) is 26.7. The van der Waals surface area contributed by atoms with E-state index in [1.54, 1.807) is 0 Å². The van der Waals surface area contributed by atoms with Crippen molar-refractivity contribution in [2.45, 2.75) is 26.2 Å². The van der Waals surface area contributed by atoms with Crippen molar-refractivity contribution in [2.75, 3.05) is 0 Å². The van der Waals surface area contributed by atoms with E-state index in [0.29, 0.717) is 0 Å². The van der Waals surface area contributed by atoms with Crippen LogP contribution in [0.1, 0.15) is 52.8 Å². The van der Waals surface area contributed by atoms with Gasteiger partial charge in [-0.15, -0.1) is 0 Å². The molecule has 2 aliphatic carbocycles. The second-order valence-corrected chi connectivity index (χ2v) is 12.1. The first kappa shape index (κ1) is 29.2. The van der Waals surface area contributed by atoms with E-state index in [2.05, 4.69) is 173 Å². The van der Waals surface area contributed by atoms with Crippen LogP contribution in [0.3, 0.4) is 0 Å². The number of fused-ring (bicyclic) bond motifs is 4. The van der Waals surface area contributed by atoms with E-state index in [-0.39, 0.29) is 0 Å². The third-order valence-corrected chi connectivity index (χ3v) is 9.52. The van der Waals surface area contributed by atoms with Gasteiger partial charge in [-0.2, -0.15) is 0 Å². The lowest BCUT2D eigenvalue weighted by atomic mass is 9.69. The summed E-state index contributed by atoms with van der Waals surface area (Å²) >= 11 is 0. The van der Waals surface area contributed by atoms with Crippen LogP contribution in [-0.2, 0) is 5.41 Å². The van der Waals surface area contributed by atoms with Crippen molar-refractivity contribution >= 4 is 22.6 Å². The lowest BCUT2D eigenvalue weighted by Gasteiger charge is -2.32. The maximum atomic E-state index is 5.39. The number of rotatable bonds is 7. The summed E-state index contributed by atoms with van der Waals surface area (Å²) in [4.78, 5) is 5.39. The van der Waals surface area contributed by atoms with Crippen molar-refractivity contribution in [3.05, 3.63) is 209 Å². The predicted molar refractivity (Wildman–Crippen MR) is 197 cm³/mol. The Bertz CT molecular complexity index is 2120. The highest BCUT2D eigenvalue weighted by molar-refractivity contribution is 6.35. The molecule has 1 atom stereocenters. The van der Waals surface area contributed by atoms with Crippen LogP contribution >= 0.6 is 0 Å². The van der Waals surface area contributed by atoms with E-state index in [1.807, 2.05) is 6.08 Å². The molecule has 0 aromatic heterocycles. The van der Waals surface area contributed by atoms with E-state index < -0.39 is 5.41 Å². The molecule has 1 unspecified atom stereocenters. The Kier molecular flexibility index (Phi) is 7.47. The van der Waals surface area contributed by atoms with Crippen LogP contribution in [0.25, 0.3) is 28.0 Å². The molecule has 0 saturated heterocycles. The summed E-state index contributed by atoms with van der Waals surface area (Å²) in [5.74, 6) is 0. The Morgan fingerprint density at radius 3 is 1.85 bits per heavy atom. The van der Waals surface area contributed by atoms with Crippen LogP contribution in [0, 0.1) is 6.92 Å². The Morgan fingerprint density at radius 1 is 0.652 bits per heavy atom. The van der Waals surface area contributed by atoms with Gasteiger partial charge in [0.1, 0.15) is 0 Å². The maximum Gasteiger partial charge on any atom is 0.0787 e. The third kappa shape index (κ3) is 4.51. The van der Waals surface area contributed by atoms with Crippen molar-refractivity contribution in [1.82, 2.24) is 0 Å². The lowest BCUT2D eigenvalue weighted by Crippen LogP contribution is -2.27. The Labute approximate surface area is 273 Å². The summed E-state index contributed by atoms with van der Waals surface area (Å²) in [6.07, 6.45) is 6.44. The van der Waals surface area contributed by atoms with Gasteiger partial charge in [-0.05, 0) is 76.4 Å². The highest BCUT2D eigenvalue weighted by Crippen LogP contribution is 2.61. The van der Waals surface area contributed by atoms with Crippen LogP contribution in [0.15, 0.2) is 175 Å². The second kappa shape index (κ2) is 11.8. The predicted octanol–water partition coefficient (Wildman–Crippen LogP) is 11.4. The van der Waals surface area contributed by atoms with Crippen LogP contribution in [0.2, 0.25) is 0 Å². The zero-order valence-corrected chi connectivity index (χ0v) is 26.7. The highest BCUT2D eigenvalue weighted by atomic mass is 14.8. The molecule has 0 amide bonds. The van der Waals surface area contributed by atoms with Crippen molar-refractivity contribution in [1.29, 1.82) is 0 Å². The second-order valence-electron chi connectivity index (χ2n) is 12.1. The van der Waals surface area contributed by atoms with Gasteiger partial charge >= 0.3 is 0 Å². The molecule has 1 heteroatoms. The number of nitrogens with zero attached hydrogens (tertiary/aromatic N) is 1. The molecule has 7 rings (SSSR count). The summed E-state index contributed by atoms with van der Waals surface area (Å²) in [5, 5.41) is 0. The smallest absolute Gasteiger partial charge is 0.0787 e. The molecule has 0 radical (unpaired) electrons. The molecule has 5 aromatic carbocycles. The number of allylic oxidation sites excluding steroid dienone is 7. The molecule has 5 aromatic rings. The molecule has 2 aliphatic rings. The molecule has 0 N–H and O–H groups in total. The van der Waals surface area contributed by atoms with Gasteiger partial charge in [-0.25, -0.2) is 4.99 Å². The quantitative estimate of drug-likeness (QED) is 0.167. The summed E-state index contributed by atoms with van der Waals surface area (Å²) in [6, 6.07) is 45.4. The van der Waals surface area contributed by atoms with E-state index in [1.165, 1.54) is 55.7 Å². The standard InChI is InChI=1S/C45H37N/c1-6-15-40-37(7-2)38-18-11-13-20-41(38)45(40)31(4)43(39-19-12-14-21-42(39)45)44(36-16-9-8-10-17-36)46-32(5)33-26-28-35(29-27-33)34-24-22-30(3)23-25-34/h6-29H,2,5H2,1,3-4H3/b15-6-,46-44?. The van der Waals surface area contributed by atoms with Crippen molar-refractivity contribution in [3.8, 4) is 11.1 Å². The topological polar surface area (TPSA) is 12.4 Å². The monoisotopic (exact) mass is 591 g/mol. The minimum absolute atomic E-state index is 0.453. The van der Waals surface area contributed by atoms with Crippen molar-refractivity contribution in [3.63, 3.8) is 0 Å². The molecular formula is C45H37N. The largest absolute Gasteiger partial charge is 0.248 e. The maximum absolute atomic E-state index is 5.39. The molecule has 0 bridgehead atoms. The zero-order chi connectivity index (χ0) is 31.8. The first-order chi connectivity index (χ1) is 22.5. The first-order valence-electron chi connectivity index (χ1n) is 15.9. The van der Waals surface area contributed by atoms with Gasteiger partial charge in [0.15, 0.2) is 0 Å². The number of aliphatic imine (C=N–C) groups is 1. The van der Waals surface area contributed by atoms with Crippen LogP contribution < -0.4 is 0 Å². The van der Waals surface area contributed by atoms with Crippen LogP contribution in [0.5, 0.6) is 0 Å². The van der Waals surface area contributed by atoms with Gasteiger partial charge in [0.05, 0.1) is 16.8 Å². The Balaban J connectivity index is 1.44. The Morgan fingerprint density at radius 2 is 1.22 bits per heavy atom. The fraction of sp³-hybridized carbons (Fsp3) is 0.0889. The number of hydrogen-bond donors (Lipinski definition) is 0. The fourth-order valence-corrected chi connectivity index (χ4v) is 7.42.